The van der Waals surface area contributed by atoms with Crippen LogP contribution in [0.5, 0.6) is 0 Å². The lowest BCUT2D eigenvalue weighted by atomic mass is 10.1. The molecular formula is C13H27NO2. The third-order valence-electron chi connectivity index (χ3n) is 2.34. The van der Waals surface area contributed by atoms with Crippen molar-refractivity contribution in [2.24, 2.45) is 0 Å². The summed E-state index contributed by atoms with van der Waals surface area (Å²) < 4.78 is 5.37. The van der Waals surface area contributed by atoms with E-state index < -0.39 is 0 Å². The van der Waals surface area contributed by atoms with Gasteiger partial charge >= 0.3 is 6.09 Å². The van der Waals surface area contributed by atoms with Gasteiger partial charge in [-0.3, -0.25) is 0 Å². The predicted molar refractivity (Wildman–Crippen MR) is 67.6 cm³/mol. The molecule has 0 aromatic heterocycles. The molecule has 3 nitrogen and oxygen atoms in total. The Morgan fingerprint density at radius 3 is 2.31 bits per heavy atom. The molecule has 0 saturated carbocycles. The van der Waals surface area contributed by atoms with Crippen LogP contribution < -0.4 is 5.32 Å². The van der Waals surface area contributed by atoms with Gasteiger partial charge in [-0.2, -0.15) is 0 Å². The van der Waals surface area contributed by atoms with E-state index in [1.54, 1.807) is 0 Å². The summed E-state index contributed by atoms with van der Waals surface area (Å²) in [7, 11) is 0. The average molecular weight is 229 g/mol. The summed E-state index contributed by atoms with van der Waals surface area (Å²) in [5.41, 5.74) is -0.223. The number of alkyl carbamates (subject to hydrolysis) is 1. The minimum Gasteiger partial charge on any atom is -0.446 e. The molecule has 0 aliphatic carbocycles. The van der Waals surface area contributed by atoms with Crippen molar-refractivity contribution < 1.29 is 9.53 Å². The SMILES string of the molecule is CCCCCC(CC)OC(=O)NC(C)(C)C. The van der Waals surface area contributed by atoms with E-state index in [1.807, 2.05) is 20.8 Å². The molecule has 0 aliphatic heterocycles. The maximum absolute atomic E-state index is 11.5. The van der Waals surface area contributed by atoms with Crippen LogP contribution in [0.4, 0.5) is 4.79 Å². The minimum atomic E-state index is -0.296. The Hall–Kier alpha value is -0.730. The number of carbonyl (C=O) groups is 1. The van der Waals surface area contributed by atoms with Crippen LogP contribution >= 0.6 is 0 Å². The summed E-state index contributed by atoms with van der Waals surface area (Å²) in [6, 6.07) is 0. The van der Waals surface area contributed by atoms with E-state index in [0.717, 1.165) is 19.3 Å². The molecular weight excluding hydrogens is 202 g/mol. The number of rotatable bonds is 6. The summed E-state index contributed by atoms with van der Waals surface area (Å²) in [4.78, 5) is 11.5. The van der Waals surface area contributed by atoms with Gasteiger partial charge in [0.05, 0.1) is 0 Å². The van der Waals surface area contributed by atoms with Crippen molar-refractivity contribution in [2.75, 3.05) is 0 Å². The van der Waals surface area contributed by atoms with Gasteiger partial charge in [0.1, 0.15) is 6.10 Å². The molecule has 0 bridgehead atoms. The summed E-state index contributed by atoms with van der Waals surface area (Å²) in [6.45, 7) is 10.1. The van der Waals surface area contributed by atoms with Crippen molar-refractivity contribution in [2.45, 2.75) is 78.4 Å². The Kier molecular flexibility index (Phi) is 7.18. The van der Waals surface area contributed by atoms with Crippen LogP contribution in [0.2, 0.25) is 0 Å². The minimum absolute atomic E-state index is 0.0638. The van der Waals surface area contributed by atoms with Crippen LogP contribution in [0.25, 0.3) is 0 Å². The van der Waals surface area contributed by atoms with Crippen molar-refractivity contribution >= 4 is 6.09 Å². The van der Waals surface area contributed by atoms with Crippen molar-refractivity contribution in [3.8, 4) is 0 Å². The second-order valence-electron chi connectivity index (χ2n) is 5.31. The first kappa shape index (κ1) is 15.3. The topological polar surface area (TPSA) is 38.3 Å². The van der Waals surface area contributed by atoms with Gasteiger partial charge in [-0.1, -0.05) is 26.7 Å². The smallest absolute Gasteiger partial charge is 0.407 e. The molecule has 0 aliphatic rings. The zero-order chi connectivity index (χ0) is 12.6. The van der Waals surface area contributed by atoms with Gasteiger partial charge in [0.2, 0.25) is 0 Å². The Morgan fingerprint density at radius 2 is 1.88 bits per heavy atom. The predicted octanol–water partition coefficient (Wildman–Crippen LogP) is 3.87. The van der Waals surface area contributed by atoms with Crippen LogP contribution in [-0.2, 0) is 4.74 Å². The van der Waals surface area contributed by atoms with Crippen molar-refractivity contribution in [3.05, 3.63) is 0 Å². The van der Waals surface area contributed by atoms with Gasteiger partial charge in [0.15, 0.2) is 0 Å². The fourth-order valence-corrected chi connectivity index (χ4v) is 1.46. The molecule has 0 spiro atoms. The van der Waals surface area contributed by atoms with Crippen LogP contribution in [0.15, 0.2) is 0 Å². The van der Waals surface area contributed by atoms with Crippen molar-refractivity contribution in [1.29, 1.82) is 0 Å². The van der Waals surface area contributed by atoms with Gasteiger partial charge in [-0.05, 0) is 40.0 Å². The van der Waals surface area contributed by atoms with Gasteiger partial charge in [-0.25, -0.2) is 4.79 Å². The molecule has 16 heavy (non-hydrogen) atoms. The Balaban J connectivity index is 3.88. The number of unbranched alkanes of at least 4 members (excludes halogenated alkanes) is 2. The zero-order valence-corrected chi connectivity index (χ0v) is 11.4. The van der Waals surface area contributed by atoms with E-state index in [4.69, 9.17) is 4.74 Å². The highest BCUT2D eigenvalue weighted by Crippen LogP contribution is 2.11. The molecule has 3 heteroatoms. The van der Waals surface area contributed by atoms with Gasteiger partial charge in [0.25, 0.3) is 0 Å². The Labute approximate surface area is 99.9 Å². The molecule has 0 fully saturated rings. The maximum Gasteiger partial charge on any atom is 0.407 e. The van der Waals surface area contributed by atoms with E-state index in [0.29, 0.717) is 0 Å². The molecule has 0 heterocycles. The van der Waals surface area contributed by atoms with E-state index in [1.165, 1.54) is 12.8 Å². The molecule has 1 amide bonds. The lowest BCUT2D eigenvalue weighted by Crippen LogP contribution is -2.42. The first-order chi connectivity index (χ1) is 7.39. The highest BCUT2D eigenvalue weighted by atomic mass is 16.6. The van der Waals surface area contributed by atoms with E-state index in [9.17, 15) is 4.79 Å². The first-order valence-corrected chi connectivity index (χ1v) is 6.37. The molecule has 0 aromatic rings. The fraction of sp³-hybridized carbons (Fsp3) is 0.923. The number of ether oxygens (including phenoxy) is 1. The fourth-order valence-electron chi connectivity index (χ4n) is 1.46. The molecule has 0 rings (SSSR count). The van der Waals surface area contributed by atoms with Crippen LogP contribution in [0, 0.1) is 0 Å². The number of hydrogen-bond acceptors (Lipinski definition) is 2. The number of carbonyl (C=O) groups excluding carboxylic acids is 1. The van der Waals surface area contributed by atoms with E-state index in [-0.39, 0.29) is 17.7 Å². The lowest BCUT2D eigenvalue weighted by molar-refractivity contribution is 0.0828. The third-order valence-corrected chi connectivity index (χ3v) is 2.34. The summed E-state index contributed by atoms with van der Waals surface area (Å²) in [5.74, 6) is 0. The molecule has 0 saturated heterocycles. The van der Waals surface area contributed by atoms with E-state index in [2.05, 4.69) is 19.2 Å². The second-order valence-corrected chi connectivity index (χ2v) is 5.31. The summed E-state index contributed by atoms with van der Waals surface area (Å²) >= 11 is 0. The molecule has 1 atom stereocenters. The lowest BCUT2D eigenvalue weighted by Gasteiger charge is -2.23. The molecule has 0 radical (unpaired) electrons. The standard InChI is InChI=1S/C13H27NO2/c1-6-8-9-10-11(7-2)16-12(15)14-13(3,4)5/h11H,6-10H2,1-5H3,(H,14,15). The Bertz CT molecular complexity index is 197. The average Bonchev–Trinajstić information content (AvgIpc) is 2.13. The number of hydrogen-bond donors (Lipinski definition) is 1. The van der Waals surface area contributed by atoms with Crippen molar-refractivity contribution in [1.82, 2.24) is 5.32 Å². The highest BCUT2D eigenvalue weighted by molar-refractivity contribution is 5.68. The summed E-state index contributed by atoms with van der Waals surface area (Å²) in [5, 5.41) is 2.81. The Morgan fingerprint density at radius 1 is 1.25 bits per heavy atom. The van der Waals surface area contributed by atoms with Gasteiger partial charge < -0.3 is 10.1 Å². The number of nitrogens with one attached hydrogen (secondary N) is 1. The van der Waals surface area contributed by atoms with Gasteiger partial charge in [-0.15, -0.1) is 0 Å². The highest BCUT2D eigenvalue weighted by Gasteiger charge is 2.17. The molecule has 1 N–H and O–H groups in total. The van der Waals surface area contributed by atoms with Crippen LogP contribution in [-0.4, -0.2) is 17.7 Å². The van der Waals surface area contributed by atoms with Crippen LogP contribution in [0.3, 0.4) is 0 Å². The third kappa shape index (κ3) is 8.57. The summed E-state index contributed by atoms with van der Waals surface area (Å²) in [6.07, 6.45) is 5.18. The first-order valence-electron chi connectivity index (χ1n) is 6.37. The van der Waals surface area contributed by atoms with Gasteiger partial charge in [0, 0.05) is 5.54 Å². The quantitative estimate of drug-likeness (QED) is 0.702. The molecule has 96 valence electrons. The second kappa shape index (κ2) is 7.53. The molecule has 0 aromatic carbocycles. The van der Waals surface area contributed by atoms with E-state index >= 15 is 0 Å². The normalized spacial score (nSPS) is 13.3. The number of amides is 1. The maximum atomic E-state index is 11.5. The van der Waals surface area contributed by atoms with Crippen LogP contribution in [0.1, 0.15) is 66.7 Å². The largest absolute Gasteiger partial charge is 0.446 e. The molecule has 1 unspecified atom stereocenters. The monoisotopic (exact) mass is 229 g/mol. The van der Waals surface area contributed by atoms with Crippen molar-refractivity contribution in [3.63, 3.8) is 0 Å². The zero-order valence-electron chi connectivity index (χ0n) is 11.4.